The zero-order valence-electron chi connectivity index (χ0n) is 19.4. The largest absolute Gasteiger partial charge is 0.491 e. The first-order valence-electron chi connectivity index (χ1n) is 11.8. The number of nitrogens with two attached hydrogens (primary N) is 1. The van der Waals surface area contributed by atoms with Crippen molar-refractivity contribution < 1.29 is 54.3 Å². The third kappa shape index (κ3) is 7.31. The molecule has 2 aliphatic rings. The molecular formula is C23H37NO11. The normalized spacial score (nSPS) is 37.8. The van der Waals surface area contributed by atoms with Crippen LogP contribution < -0.4 is 10.5 Å². The topological polar surface area (TPSA) is 194 Å². The van der Waals surface area contributed by atoms with Gasteiger partial charge in [0, 0.05) is 6.61 Å². The molecule has 0 aromatic heterocycles. The Balaban J connectivity index is 1.71. The predicted molar refractivity (Wildman–Crippen MR) is 120 cm³/mol. The second-order valence-corrected chi connectivity index (χ2v) is 8.67. The van der Waals surface area contributed by atoms with Crippen LogP contribution in [0.15, 0.2) is 30.3 Å². The summed E-state index contributed by atoms with van der Waals surface area (Å²) < 4.78 is 28.4. The number of aliphatic hydroxyl groups is 6. The van der Waals surface area contributed by atoms with Gasteiger partial charge in [-0.25, -0.2) is 0 Å². The Morgan fingerprint density at radius 3 is 2.14 bits per heavy atom. The number of rotatable bonds is 12. The summed E-state index contributed by atoms with van der Waals surface area (Å²) in [5.74, 6) is 0.530. The van der Waals surface area contributed by atoms with E-state index >= 15 is 0 Å². The van der Waals surface area contributed by atoms with Crippen molar-refractivity contribution in [1.82, 2.24) is 0 Å². The lowest BCUT2D eigenvalue weighted by Gasteiger charge is -2.46. The van der Waals surface area contributed by atoms with Gasteiger partial charge in [-0.3, -0.25) is 0 Å². The molecule has 2 saturated heterocycles. The van der Waals surface area contributed by atoms with Crippen LogP contribution in [0.1, 0.15) is 19.3 Å². The summed E-state index contributed by atoms with van der Waals surface area (Å²) in [7, 11) is 0. The van der Waals surface area contributed by atoms with E-state index in [2.05, 4.69) is 0 Å². The van der Waals surface area contributed by atoms with E-state index in [9.17, 15) is 30.6 Å². The van der Waals surface area contributed by atoms with Gasteiger partial charge in [0.2, 0.25) is 0 Å². The van der Waals surface area contributed by atoms with Gasteiger partial charge in [-0.15, -0.1) is 0 Å². The molecule has 0 bridgehead atoms. The standard InChI is InChI=1S/C23H37NO11/c24-9-5-2-6-10-31-22-20(30)18(28)21(15(34-22)12-32-13-7-3-1-4-8-13)35-23-19(29)17(27)16(26)14(11-25)33-23/h1,3-4,7-8,14-23,25-30H,2,5-6,9-12,24H2/t14?,15?,16-,17?,18?,19-,20-,21+,22+,23-/m0/s1. The molecule has 0 aliphatic carbocycles. The summed E-state index contributed by atoms with van der Waals surface area (Å²) in [6, 6.07) is 8.85. The fraction of sp³-hybridized carbons (Fsp3) is 0.739. The van der Waals surface area contributed by atoms with Crippen molar-refractivity contribution in [3.05, 3.63) is 30.3 Å². The molecule has 35 heavy (non-hydrogen) atoms. The molecule has 1 aromatic rings. The highest BCUT2D eigenvalue weighted by atomic mass is 16.7. The van der Waals surface area contributed by atoms with Crippen LogP contribution in [0.4, 0.5) is 0 Å². The fourth-order valence-electron chi connectivity index (χ4n) is 4.00. The molecule has 12 nitrogen and oxygen atoms in total. The third-order valence-electron chi connectivity index (χ3n) is 6.07. The maximum absolute atomic E-state index is 10.9. The Labute approximate surface area is 203 Å². The van der Waals surface area contributed by atoms with Crippen LogP contribution >= 0.6 is 0 Å². The highest BCUT2D eigenvalue weighted by molar-refractivity contribution is 5.21. The molecule has 10 atom stereocenters. The van der Waals surface area contributed by atoms with Crippen molar-refractivity contribution in [2.75, 3.05) is 26.4 Å². The smallest absolute Gasteiger partial charge is 0.187 e. The monoisotopic (exact) mass is 503 g/mol. The number of ether oxygens (including phenoxy) is 5. The van der Waals surface area contributed by atoms with Crippen molar-refractivity contribution in [1.29, 1.82) is 0 Å². The number of hydrogen-bond donors (Lipinski definition) is 7. The van der Waals surface area contributed by atoms with Gasteiger partial charge >= 0.3 is 0 Å². The van der Waals surface area contributed by atoms with E-state index in [4.69, 9.17) is 29.4 Å². The minimum atomic E-state index is -1.69. The number of unbranched alkanes of at least 4 members (excludes halogenated alkanes) is 2. The highest BCUT2D eigenvalue weighted by Crippen LogP contribution is 2.30. The summed E-state index contributed by atoms with van der Waals surface area (Å²) in [4.78, 5) is 0. The number of hydrogen-bond acceptors (Lipinski definition) is 12. The van der Waals surface area contributed by atoms with Crippen LogP contribution in [-0.4, -0.2) is 118 Å². The molecule has 0 radical (unpaired) electrons. The predicted octanol–water partition coefficient (Wildman–Crippen LogP) is -2.16. The molecular weight excluding hydrogens is 466 g/mol. The molecule has 2 heterocycles. The molecule has 1 aromatic carbocycles. The lowest BCUT2D eigenvalue weighted by molar-refractivity contribution is -0.358. The Morgan fingerprint density at radius 2 is 1.46 bits per heavy atom. The van der Waals surface area contributed by atoms with E-state index < -0.39 is 68.0 Å². The lowest BCUT2D eigenvalue weighted by atomic mass is 9.97. The number of aliphatic hydroxyl groups excluding tert-OH is 6. The quantitative estimate of drug-likeness (QED) is 0.153. The Morgan fingerprint density at radius 1 is 0.771 bits per heavy atom. The lowest BCUT2D eigenvalue weighted by Crippen LogP contribution is -2.65. The van der Waals surface area contributed by atoms with Crippen LogP contribution in [0.3, 0.4) is 0 Å². The van der Waals surface area contributed by atoms with Crippen molar-refractivity contribution in [2.45, 2.75) is 80.7 Å². The van der Waals surface area contributed by atoms with Crippen LogP contribution in [0.25, 0.3) is 0 Å². The van der Waals surface area contributed by atoms with E-state index in [1.807, 2.05) is 6.07 Å². The second kappa shape index (κ2) is 13.8. The first kappa shape index (κ1) is 28.2. The van der Waals surface area contributed by atoms with Crippen LogP contribution in [-0.2, 0) is 18.9 Å². The van der Waals surface area contributed by atoms with Crippen LogP contribution in [0, 0.1) is 0 Å². The zero-order valence-corrected chi connectivity index (χ0v) is 19.4. The Bertz CT molecular complexity index is 727. The summed E-state index contributed by atoms with van der Waals surface area (Å²) in [5, 5.41) is 61.3. The van der Waals surface area contributed by atoms with Crippen molar-refractivity contribution in [3.63, 3.8) is 0 Å². The first-order valence-corrected chi connectivity index (χ1v) is 11.8. The average Bonchev–Trinajstić information content (AvgIpc) is 2.87. The SMILES string of the molecule is NCCCCCO[C@@H]1OC(COc2ccccc2)[C@@H](O[C@@H]2OC(CO)[C@H](O)C(O)[C@@H]2O)C(O)[C@@H]1O. The fourth-order valence-corrected chi connectivity index (χ4v) is 4.00. The molecule has 0 spiro atoms. The molecule has 12 heteroatoms. The van der Waals surface area contributed by atoms with Crippen molar-refractivity contribution in [3.8, 4) is 5.75 Å². The Kier molecular flexibility index (Phi) is 11.1. The molecule has 0 amide bonds. The van der Waals surface area contributed by atoms with Crippen molar-refractivity contribution in [2.24, 2.45) is 5.73 Å². The van der Waals surface area contributed by atoms with E-state index in [-0.39, 0.29) is 13.2 Å². The van der Waals surface area contributed by atoms with Gasteiger partial charge in [0.25, 0.3) is 0 Å². The molecule has 8 N–H and O–H groups in total. The minimum absolute atomic E-state index is 0.108. The number of para-hydroxylation sites is 1. The molecule has 3 rings (SSSR count). The average molecular weight is 504 g/mol. The molecule has 2 aliphatic heterocycles. The van der Waals surface area contributed by atoms with E-state index in [1.165, 1.54) is 0 Å². The second-order valence-electron chi connectivity index (χ2n) is 8.67. The summed E-state index contributed by atoms with van der Waals surface area (Å²) in [6.45, 7) is 0.0940. The maximum Gasteiger partial charge on any atom is 0.187 e. The minimum Gasteiger partial charge on any atom is -0.491 e. The van der Waals surface area contributed by atoms with Gasteiger partial charge in [0.05, 0.1) is 6.61 Å². The first-order chi connectivity index (χ1) is 16.9. The third-order valence-corrected chi connectivity index (χ3v) is 6.07. The van der Waals surface area contributed by atoms with Gasteiger partial charge in [-0.1, -0.05) is 18.2 Å². The Hall–Kier alpha value is -1.42. The summed E-state index contributed by atoms with van der Waals surface area (Å²) in [5.41, 5.74) is 5.49. The van der Waals surface area contributed by atoms with Crippen LogP contribution in [0.5, 0.6) is 5.75 Å². The van der Waals surface area contributed by atoms with E-state index in [0.29, 0.717) is 18.7 Å². The van der Waals surface area contributed by atoms with Crippen LogP contribution in [0.2, 0.25) is 0 Å². The zero-order chi connectivity index (χ0) is 25.4. The molecule has 2 fully saturated rings. The van der Waals surface area contributed by atoms with E-state index in [1.54, 1.807) is 24.3 Å². The van der Waals surface area contributed by atoms with Gasteiger partial charge in [0.1, 0.15) is 61.2 Å². The summed E-state index contributed by atoms with van der Waals surface area (Å²) in [6.07, 6.45) is -11.7. The van der Waals surface area contributed by atoms with Gasteiger partial charge < -0.3 is 60.1 Å². The van der Waals surface area contributed by atoms with Gasteiger partial charge in [0.15, 0.2) is 12.6 Å². The maximum atomic E-state index is 10.9. The highest BCUT2D eigenvalue weighted by Gasteiger charge is 2.51. The molecule has 200 valence electrons. The summed E-state index contributed by atoms with van der Waals surface area (Å²) >= 11 is 0. The van der Waals surface area contributed by atoms with Crippen molar-refractivity contribution >= 4 is 0 Å². The van der Waals surface area contributed by atoms with E-state index in [0.717, 1.165) is 12.8 Å². The van der Waals surface area contributed by atoms with Gasteiger partial charge in [-0.05, 0) is 37.9 Å². The molecule has 4 unspecified atom stereocenters. The number of benzene rings is 1. The van der Waals surface area contributed by atoms with Gasteiger partial charge in [-0.2, -0.15) is 0 Å². The molecule has 0 saturated carbocycles.